The fourth-order valence-corrected chi connectivity index (χ4v) is 4.56. The van der Waals surface area contributed by atoms with Gasteiger partial charge in [-0.15, -0.1) is 0 Å². The maximum atomic E-state index is 12.6. The summed E-state index contributed by atoms with van der Waals surface area (Å²) in [5, 5.41) is 0. The molecule has 2 aliphatic heterocycles. The lowest BCUT2D eigenvalue weighted by molar-refractivity contribution is -0.157. The van der Waals surface area contributed by atoms with E-state index in [2.05, 4.69) is 36.2 Å². The smallest absolute Gasteiger partial charge is 0.312 e. The molecule has 2 fully saturated rings. The molecule has 0 aliphatic carbocycles. The molecule has 0 atom stereocenters. The number of carbonyl (C=O) groups is 2. The summed E-state index contributed by atoms with van der Waals surface area (Å²) in [7, 11) is 3.65. The Morgan fingerprint density at radius 2 is 1.67 bits per heavy atom. The first kappa shape index (κ1) is 19.9. The number of ether oxygens (including phenoxy) is 1. The van der Waals surface area contributed by atoms with E-state index in [4.69, 9.17) is 4.74 Å². The van der Waals surface area contributed by atoms with E-state index in [1.54, 1.807) is 6.92 Å². The number of nitrogens with zero attached hydrogens (tertiary/aromatic N) is 2. The van der Waals surface area contributed by atoms with Crippen LogP contribution in [-0.4, -0.2) is 62.0 Å². The molecule has 1 aromatic carbocycles. The average Bonchev–Trinajstić information content (AvgIpc) is 2.69. The number of carbonyl (C=O) groups excluding carboxylic acids is 2. The van der Waals surface area contributed by atoms with Crippen molar-refractivity contribution in [2.24, 2.45) is 5.41 Å². The number of piperidine rings is 2. The summed E-state index contributed by atoms with van der Waals surface area (Å²) in [5.41, 5.74) is 2.06. The van der Waals surface area contributed by atoms with Crippen LogP contribution in [0, 0.1) is 5.41 Å². The van der Waals surface area contributed by atoms with Crippen LogP contribution in [0.1, 0.15) is 49.7 Å². The first-order valence-corrected chi connectivity index (χ1v) is 10.0. The van der Waals surface area contributed by atoms with Crippen molar-refractivity contribution >= 4 is 11.9 Å². The van der Waals surface area contributed by atoms with Gasteiger partial charge in [0.1, 0.15) is 0 Å². The van der Waals surface area contributed by atoms with Gasteiger partial charge in [0.25, 0.3) is 0 Å². The van der Waals surface area contributed by atoms with Gasteiger partial charge in [0.15, 0.2) is 0 Å². The van der Waals surface area contributed by atoms with Crippen molar-refractivity contribution in [3.8, 4) is 0 Å². The van der Waals surface area contributed by atoms with Crippen LogP contribution in [-0.2, 0) is 20.7 Å². The van der Waals surface area contributed by atoms with Gasteiger partial charge >= 0.3 is 5.97 Å². The minimum absolute atomic E-state index is 0.0796. The van der Waals surface area contributed by atoms with E-state index < -0.39 is 5.41 Å². The topological polar surface area (TPSA) is 49.9 Å². The summed E-state index contributed by atoms with van der Waals surface area (Å²) in [6.45, 7) is 5.15. The Morgan fingerprint density at radius 3 is 2.19 bits per heavy atom. The number of hydrogen-bond donors (Lipinski definition) is 0. The largest absolute Gasteiger partial charge is 0.469 e. The van der Waals surface area contributed by atoms with E-state index in [1.807, 2.05) is 4.90 Å². The molecule has 0 N–H and O–H groups in total. The lowest BCUT2D eigenvalue weighted by atomic mass is 9.73. The van der Waals surface area contributed by atoms with Crippen LogP contribution < -0.4 is 0 Å². The second-order valence-corrected chi connectivity index (χ2v) is 8.27. The van der Waals surface area contributed by atoms with Gasteiger partial charge in [-0.1, -0.05) is 24.3 Å². The highest BCUT2D eigenvalue weighted by atomic mass is 16.5. The fraction of sp³-hybridized carbons (Fsp3) is 0.636. The van der Waals surface area contributed by atoms with Crippen LogP contribution >= 0.6 is 0 Å². The first-order valence-electron chi connectivity index (χ1n) is 10.0. The second-order valence-electron chi connectivity index (χ2n) is 8.27. The standard InChI is InChI=1S/C22H32N2O3/c1-17(25)24-14-10-22(11-15-24,21(26)27-3)16-18-4-6-19(7-5-18)20-8-12-23(2)13-9-20/h4-7,20H,8-16H2,1-3H3. The molecule has 0 spiro atoms. The molecule has 148 valence electrons. The highest BCUT2D eigenvalue weighted by Gasteiger charge is 2.42. The number of esters is 1. The molecule has 5 nitrogen and oxygen atoms in total. The molecule has 3 rings (SSSR count). The molecule has 2 heterocycles. The molecule has 0 aromatic heterocycles. The van der Waals surface area contributed by atoms with Crippen molar-refractivity contribution in [2.75, 3.05) is 40.3 Å². The minimum atomic E-state index is -0.518. The molecule has 2 aliphatic rings. The Hall–Kier alpha value is -1.88. The number of hydrogen-bond acceptors (Lipinski definition) is 4. The molecular formula is C22H32N2O3. The van der Waals surface area contributed by atoms with Crippen molar-refractivity contribution in [3.05, 3.63) is 35.4 Å². The van der Waals surface area contributed by atoms with Crippen molar-refractivity contribution < 1.29 is 14.3 Å². The molecule has 0 bridgehead atoms. The Balaban J connectivity index is 1.69. The maximum absolute atomic E-state index is 12.6. The monoisotopic (exact) mass is 372 g/mol. The van der Waals surface area contributed by atoms with Crippen molar-refractivity contribution in [3.63, 3.8) is 0 Å². The average molecular weight is 373 g/mol. The lowest BCUT2D eigenvalue weighted by Crippen LogP contribution is -2.47. The van der Waals surface area contributed by atoms with Gasteiger partial charge in [-0.05, 0) is 69.3 Å². The predicted octanol–water partition coefficient (Wildman–Crippen LogP) is 2.84. The normalized spacial score (nSPS) is 21.1. The van der Waals surface area contributed by atoms with Crippen molar-refractivity contribution in [1.29, 1.82) is 0 Å². The third-order valence-corrected chi connectivity index (χ3v) is 6.50. The van der Waals surface area contributed by atoms with Gasteiger partial charge in [0.2, 0.25) is 5.91 Å². The van der Waals surface area contributed by atoms with Crippen LogP contribution in [0.25, 0.3) is 0 Å². The molecule has 27 heavy (non-hydrogen) atoms. The predicted molar refractivity (Wildman–Crippen MR) is 106 cm³/mol. The summed E-state index contributed by atoms with van der Waals surface area (Å²) in [5.74, 6) is 0.574. The van der Waals surface area contributed by atoms with E-state index >= 15 is 0 Å². The quantitative estimate of drug-likeness (QED) is 0.763. The van der Waals surface area contributed by atoms with Gasteiger partial charge in [0.05, 0.1) is 12.5 Å². The molecule has 0 unspecified atom stereocenters. The van der Waals surface area contributed by atoms with Gasteiger partial charge in [0, 0.05) is 20.0 Å². The highest BCUT2D eigenvalue weighted by molar-refractivity contribution is 5.78. The molecule has 2 saturated heterocycles. The number of likely N-dealkylation sites (tertiary alicyclic amines) is 2. The highest BCUT2D eigenvalue weighted by Crippen LogP contribution is 2.37. The SMILES string of the molecule is COC(=O)C1(Cc2ccc(C3CCN(C)CC3)cc2)CCN(C(C)=O)CC1. The number of benzene rings is 1. The Bertz CT molecular complexity index is 655. The molecule has 5 heteroatoms. The molecule has 0 radical (unpaired) electrons. The first-order chi connectivity index (χ1) is 12.9. The van der Waals surface area contributed by atoms with E-state index in [1.165, 1.54) is 31.1 Å². The Labute approximate surface area is 162 Å². The van der Waals surface area contributed by atoms with Crippen LogP contribution in [0.3, 0.4) is 0 Å². The van der Waals surface area contributed by atoms with Crippen LogP contribution in [0.2, 0.25) is 0 Å². The van der Waals surface area contributed by atoms with E-state index in [9.17, 15) is 9.59 Å². The summed E-state index contributed by atoms with van der Waals surface area (Å²) in [4.78, 5) is 28.4. The molecular weight excluding hydrogens is 340 g/mol. The Morgan fingerprint density at radius 1 is 1.07 bits per heavy atom. The Kier molecular flexibility index (Phi) is 6.20. The summed E-state index contributed by atoms with van der Waals surface area (Å²) in [6.07, 6.45) is 4.43. The minimum Gasteiger partial charge on any atom is -0.469 e. The zero-order valence-corrected chi connectivity index (χ0v) is 16.9. The number of rotatable bonds is 4. The third kappa shape index (κ3) is 4.52. The van der Waals surface area contributed by atoms with Crippen LogP contribution in [0.15, 0.2) is 24.3 Å². The van der Waals surface area contributed by atoms with Crippen molar-refractivity contribution in [1.82, 2.24) is 9.80 Å². The van der Waals surface area contributed by atoms with Gasteiger partial charge in [-0.25, -0.2) is 0 Å². The number of amides is 1. The summed E-state index contributed by atoms with van der Waals surface area (Å²) >= 11 is 0. The maximum Gasteiger partial charge on any atom is 0.312 e. The molecule has 1 aromatic rings. The van der Waals surface area contributed by atoms with Gasteiger partial charge < -0.3 is 14.5 Å². The zero-order valence-electron chi connectivity index (χ0n) is 16.9. The van der Waals surface area contributed by atoms with Crippen LogP contribution in [0.4, 0.5) is 0 Å². The third-order valence-electron chi connectivity index (χ3n) is 6.50. The van der Waals surface area contributed by atoms with Crippen molar-refractivity contribution in [2.45, 2.75) is 44.9 Å². The van der Waals surface area contributed by atoms with E-state index in [-0.39, 0.29) is 11.9 Å². The molecule has 0 saturated carbocycles. The summed E-state index contributed by atoms with van der Waals surface area (Å²) in [6, 6.07) is 8.83. The fourth-order valence-electron chi connectivity index (χ4n) is 4.56. The zero-order chi connectivity index (χ0) is 19.4. The molecule has 1 amide bonds. The van der Waals surface area contributed by atoms with Gasteiger partial charge in [-0.2, -0.15) is 0 Å². The van der Waals surface area contributed by atoms with Gasteiger partial charge in [-0.3, -0.25) is 9.59 Å². The van der Waals surface area contributed by atoms with Crippen LogP contribution in [0.5, 0.6) is 0 Å². The second kappa shape index (κ2) is 8.42. The lowest BCUT2D eigenvalue weighted by Gasteiger charge is -2.39. The summed E-state index contributed by atoms with van der Waals surface area (Å²) < 4.78 is 5.14. The number of methoxy groups -OCH3 is 1. The van der Waals surface area contributed by atoms with E-state index in [0.29, 0.717) is 38.3 Å². The van der Waals surface area contributed by atoms with E-state index in [0.717, 1.165) is 13.1 Å².